The summed E-state index contributed by atoms with van der Waals surface area (Å²) in [7, 11) is 0. The number of hydrogen-bond donors (Lipinski definition) is 1. The third-order valence-electron chi connectivity index (χ3n) is 4.32. The van der Waals surface area contributed by atoms with Crippen LogP contribution in [0.1, 0.15) is 66.7 Å². The van der Waals surface area contributed by atoms with Crippen molar-refractivity contribution < 1.29 is 0 Å². The van der Waals surface area contributed by atoms with Gasteiger partial charge in [0.15, 0.2) is 0 Å². The molecular formula is C16H34N2. The summed E-state index contributed by atoms with van der Waals surface area (Å²) in [5.41, 5.74) is 0. The van der Waals surface area contributed by atoms with E-state index in [-0.39, 0.29) is 0 Å². The molecule has 1 N–H and O–H groups in total. The molecule has 1 aliphatic carbocycles. The first-order valence-corrected chi connectivity index (χ1v) is 8.09. The molecule has 1 saturated carbocycles. The normalized spacial score (nSPS) is 19.5. The lowest BCUT2D eigenvalue weighted by Gasteiger charge is -2.39. The molecule has 1 aliphatic rings. The maximum absolute atomic E-state index is 3.73. The largest absolute Gasteiger partial charge is 0.312 e. The molecule has 0 aromatic rings. The van der Waals surface area contributed by atoms with E-state index in [2.05, 4.69) is 44.8 Å². The fraction of sp³-hybridized carbons (Fsp3) is 1.00. The smallest absolute Gasteiger partial charge is 0.0246 e. The van der Waals surface area contributed by atoms with Crippen molar-refractivity contribution in [2.24, 2.45) is 5.92 Å². The zero-order chi connectivity index (χ0) is 13.5. The molecule has 2 nitrogen and oxygen atoms in total. The van der Waals surface area contributed by atoms with Gasteiger partial charge in [-0.05, 0) is 45.1 Å². The van der Waals surface area contributed by atoms with Crippen molar-refractivity contribution in [3.05, 3.63) is 0 Å². The lowest BCUT2D eigenvalue weighted by Crippen LogP contribution is -2.50. The van der Waals surface area contributed by atoms with Crippen LogP contribution in [0.25, 0.3) is 0 Å². The van der Waals surface area contributed by atoms with Crippen LogP contribution in [0, 0.1) is 5.92 Å². The summed E-state index contributed by atoms with van der Waals surface area (Å²) in [6.07, 6.45) is 6.67. The summed E-state index contributed by atoms with van der Waals surface area (Å²) < 4.78 is 0. The maximum Gasteiger partial charge on any atom is 0.0246 e. The van der Waals surface area contributed by atoms with Gasteiger partial charge in [0.25, 0.3) is 0 Å². The summed E-state index contributed by atoms with van der Waals surface area (Å²) in [5.74, 6) is 0.738. The van der Waals surface area contributed by atoms with Crippen LogP contribution in [0.3, 0.4) is 0 Å². The molecular weight excluding hydrogens is 220 g/mol. The average Bonchev–Trinajstić information content (AvgIpc) is 3.15. The summed E-state index contributed by atoms with van der Waals surface area (Å²) >= 11 is 0. The van der Waals surface area contributed by atoms with Gasteiger partial charge in [-0.25, -0.2) is 0 Å². The van der Waals surface area contributed by atoms with Gasteiger partial charge in [0.2, 0.25) is 0 Å². The summed E-state index contributed by atoms with van der Waals surface area (Å²) in [6.45, 7) is 14.2. The third-order valence-corrected chi connectivity index (χ3v) is 4.32. The quantitative estimate of drug-likeness (QED) is 0.640. The summed E-state index contributed by atoms with van der Waals surface area (Å²) in [4.78, 5) is 2.75. The fourth-order valence-corrected chi connectivity index (χ4v) is 2.60. The van der Waals surface area contributed by atoms with Crippen molar-refractivity contribution in [1.82, 2.24) is 10.2 Å². The van der Waals surface area contributed by atoms with Gasteiger partial charge in [-0.2, -0.15) is 0 Å². The fourth-order valence-electron chi connectivity index (χ4n) is 2.60. The van der Waals surface area contributed by atoms with Gasteiger partial charge < -0.3 is 5.32 Å². The van der Waals surface area contributed by atoms with Crippen molar-refractivity contribution in [1.29, 1.82) is 0 Å². The lowest BCUT2D eigenvalue weighted by molar-refractivity contribution is 0.103. The number of nitrogens with one attached hydrogen (secondary N) is 1. The van der Waals surface area contributed by atoms with E-state index < -0.39 is 0 Å². The van der Waals surface area contributed by atoms with Crippen molar-refractivity contribution in [2.75, 3.05) is 13.1 Å². The molecule has 1 fully saturated rings. The standard InChI is InChI=1S/C16H34N2/c1-6-8-11-18(14(5)7-2)16(13(3)4)12-17-15-9-10-15/h13-17H,6-12H2,1-5H3. The van der Waals surface area contributed by atoms with Crippen LogP contribution in [0.2, 0.25) is 0 Å². The lowest BCUT2D eigenvalue weighted by atomic mass is 9.99. The Morgan fingerprint density at radius 3 is 2.28 bits per heavy atom. The molecule has 108 valence electrons. The second kappa shape index (κ2) is 8.16. The molecule has 0 spiro atoms. The first-order valence-electron chi connectivity index (χ1n) is 8.09. The first kappa shape index (κ1) is 16.0. The Hall–Kier alpha value is -0.0800. The highest BCUT2D eigenvalue weighted by Crippen LogP contribution is 2.21. The van der Waals surface area contributed by atoms with Crippen molar-refractivity contribution in [3.63, 3.8) is 0 Å². The highest BCUT2D eigenvalue weighted by molar-refractivity contribution is 4.86. The Balaban J connectivity index is 2.55. The SMILES string of the molecule is CCCCN(C(C)CC)C(CNC1CC1)C(C)C. The molecule has 0 saturated heterocycles. The van der Waals surface area contributed by atoms with Crippen LogP contribution in [0.5, 0.6) is 0 Å². The van der Waals surface area contributed by atoms with Crippen LogP contribution in [0.4, 0.5) is 0 Å². The van der Waals surface area contributed by atoms with Gasteiger partial charge >= 0.3 is 0 Å². The van der Waals surface area contributed by atoms with Crippen LogP contribution in [0.15, 0.2) is 0 Å². The summed E-state index contributed by atoms with van der Waals surface area (Å²) in [6, 6.07) is 2.24. The second-order valence-corrected chi connectivity index (χ2v) is 6.34. The molecule has 0 amide bonds. The van der Waals surface area contributed by atoms with E-state index >= 15 is 0 Å². The van der Waals surface area contributed by atoms with E-state index in [0.29, 0.717) is 12.1 Å². The predicted molar refractivity (Wildman–Crippen MR) is 81.0 cm³/mol. The first-order chi connectivity index (χ1) is 8.60. The molecule has 2 heteroatoms. The van der Waals surface area contributed by atoms with Gasteiger partial charge in [-0.15, -0.1) is 0 Å². The minimum absolute atomic E-state index is 0.701. The monoisotopic (exact) mass is 254 g/mol. The maximum atomic E-state index is 3.73. The minimum Gasteiger partial charge on any atom is -0.312 e. The Labute approximate surface area is 115 Å². The molecule has 0 aromatic carbocycles. The zero-order valence-corrected chi connectivity index (χ0v) is 13.2. The molecule has 2 atom stereocenters. The van der Waals surface area contributed by atoms with Crippen LogP contribution in [-0.4, -0.2) is 36.1 Å². The second-order valence-electron chi connectivity index (χ2n) is 6.34. The average molecular weight is 254 g/mol. The van der Waals surface area contributed by atoms with E-state index in [1.807, 2.05) is 0 Å². The van der Waals surface area contributed by atoms with Gasteiger partial charge in [-0.1, -0.05) is 34.1 Å². The van der Waals surface area contributed by atoms with Gasteiger partial charge in [0.1, 0.15) is 0 Å². The summed E-state index contributed by atoms with van der Waals surface area (Å²) in [5, 5.41) is 3.73. The molecule has 0 radical (unpaired) electrons. The van der Waals surface area contributed by atoms with E-state index in [4.69, 9.17) is 0 Å². The van der Waals surface area contributed by atoms with E-state index in [1.165, 1.54) is 45.2 Å². The van der Waals surface area contributed by atoms with Crippen LogP contribution in [-0.2, 0) is 0 Å². The Morgan fingerprint density at radius 1 is 1.17 bits per heavy atom. The van der Waals surface area contributed by atoms with Crippen molar-refractivity contribution in [3.8, 4) is 0 Å². The molecule has 0 bridgehead atoms. The Kier molecular flexibility index (Phi) is 7.25. The van der Waals surface area contributed by atoms with Gasteiger partial charge in [-0.3, -0.25) is 4.90 Å². The van der Waals surface area contributed by atoms with Gasteiger partial charge in [0.05, 0.1) is 0 Å². The molecule has 1 rings (SSSR count). The molecule has 0 aliphatic heterocycles. The van der Waals surface area contributed by atoms with E-state index in [1.54, 1.807) is 0 Å². The Morgan fingerprint density at radius 2 is 1.83 bits per heavy atom. The highest BCUT2D eigenvalue weighted by atomic mass is 15.2. The van der Waals surface area contributed by atoms with E-state index in [9.17, 15) is 0 Å². The van der Waals surface area contributed by atoms with Crippen LogP contribution >= 0.6 is 0 Å². The molecule has 0 heterocycles. The third kappa shape index (κ3) is 5.27. The van der Waals surface area contributed by atoms with E-state index in [0.717, 1.165) is 12.0 Å². The van der Waals surface area contributed by atoms with Crippen molar-refractivity contribution >= 4 is 0 Å². The van der Waals surface area contributed by atoms with Crippen molar-refractivity contribution in [2.45, 2.75) is 84.8 Å². The molecule has 18 heavy (non-hydrogen) atoms. The Bertz CT molecular complexity index is 211. The van der Waals surface area contributed by atoms with Crippen LogP contribution < -0.4 is 5.32 Å². The number of nitrogens with zero attached hydrogens (tertiary/aromatic N) is 1. The van der Waals surface area contributed by atoms with Gasteiger partial charge in [0, 0.05) is 24.7 Å². The zero-order valence-electron chi connectivity index (χ0n) is 13.2. The number of unbranched alkanes of at least 4 members (excludes halogenated alkanes) is 1. The predicted octanol–water partition coefficient (Wildman–Crippen LogP) is 3.66. The molecule has 0 aromatic heterocycles. The number of rotatable bonds is 10. The minimum atomic E-state index is 0.701. The topological polar surface area (TPSA) is 15.3 Å². The number of hydrogen-bond acceptors (Lipinski definition) is 2. The highest BCUT2D eigenvalue weighted by Gasteiger charge is 2.28. The molecule has 2 unspecified atom stereocenters.